The number of fused-ring (bicyclic) bond motifs is 1. The van der Waals surface area contributed by atoms with Gasteiger partial charge >= 0.3 is 0 Å². The Bertz CT molecular complexity index is 457. The van der Waals surface area contributed by atoms with Crippen molar-refractivity contribution in [1.29, 1.82) is 0 Å². The zero-order valence-electron chi connectivity index (χ0n) is 8.76. The van der Waals surface area contributed by atoms with Crippen molar-refractivity contribution < 1.29 is 4.74 Å². The predicted octanol–water partition coefficient (Wildman–Crippen LogP) is 3.92. The molecule has 0 atom stereocenters. The van der Waals surface area contributed by atoms with Crippen molar-refractivity contribution in [2.45, 2.75) is 20.8 Å². The second-order valence-corrected chi connectivity index (χ2v) is 4.57. The Hall–Kier alpha value is -1.02. The van der Waals surface area contributed by atoms with Gasteiger partial charge in [0.15, 0.2) is 0 Å². The number of hydrogen-bond donors (Lipinski definition) is 0. The van der Waals surface area contributed by atoms with E-state index >= 15 is 0 Å². The summed E-state index contributed by atoms with van der Waals surface area (Å²) < 4.78 is 6.88. The predicted molar refractivity (Wildman–Crippen MR) is 62.5 cm³/mol. The molecule has 2 heteroatoms. The van der Waals surface area contributed by atoms with E-state index in [2.05, 4.69) is 26.0 Å². The van der Waals surface area contributed by atoms with E-state index in [0.717, 1.165) is 12.4 Å². The smallest absolute Gasteiger partial charge is 0.137 e. The molecule has 0 saturated heterocycles. The Morgan fingerprint density at radius 2 is 2.07 bits per heavy atom. The van der Waals surface area contributed by atoms with E-state index in [9.17, 15) is 0 Å². The monoisotopic (exact) mass is 206 g/mol. The number of benzene rings is 1. The summed E-state index contributed by atoms with van der Waals surface area (Å²) in [5.41, 5.74) is 1.38. The average molecular weight is 206 g/mol. The maximum absolute atomic E-state index is 5.60. The van der Waals surface area contributed by atoms with Gasteiger partial charge in [-0.15, -0.1) is 11.3 Å². The summed E-state index contributed by atoms with van der Waals surface area (Å²) in [6.07, 6.45) is 0. The van der Waals surface area contributed by atoms with Crippen LogP contribution in [0.5, 0.6) is 5.75 Å². The summed E-state index contributed by atoms with van der Waals surface area (Å²) in [5, 5.41) is 1.33. The zero-order valence-corrected chi connectivity index (χ0v) is 9.57. The Morgan fingerprint density at radius 3 is 2.79 bits per heavy atom. The number of ether oxygens (including phenoxy) is 1. The molecule has 1 aromatic carbocycles. The van der Waals surface area contributed by atoms with Crippen LogP contribution >= 0.6 is 11.3 Å². The Balaban J connectivity index is 2.68. The molecule has 0 aliphatic carbocycles. The first-order valence-corrected chi connectivity index (χ1v) is 5.67. The lowest BCUT2D eigenvalue weighted by atomic mass is 10.1. The molecule has 0 radical (unpaired) electrons. The SMILES string of the molecule is CCOc1cccc2c(C)c(C)sc12. The zero-order chi connectivity index (χ0) is 10.1. The quantitative estimate of drug-likeness (QED) is 0.723. The summed E-state index contributed by atoms with van der Waals surface area (Å²) in [5.74, 6) is 1.02. The van der Waals surface area contributed by atoms with E-state index in [1.165, 1.54) is 20.5 Å². The molecule has 0 fully saturated rings. The summed E-state index contributed by atoms with van der Waals surface area (Å²) in [6, 6.07) is 6.27. The van der Waals surface area contributed by atoms with Crippen LogP contribution in [0.25, 0.3) is 10.1 Å². The van der Waals surface area contributed by atoms with Gasteiger partial charge in [-0.05, 0) is 37.8 Å². The molecule has 0 aliphatic heterocycles. The fourth-order valence-corrected chi connectivity index (χ4v) is 2.73. The van der Waals surface area contributed by atoms with Crippen molar-refractivity contribution in [2.24, 2.45) is 0 Å². The first kappa shape index (κ1) is 9.53. The summed E-state index contributed by atoms with van der Waals surface area (Å²) in [4.78, 5) is 1.38. The lowest BCUT2D eigenvalue weighted by Gasteiger charge is -2.03. The Morgan fingerprint density at radius 1 is 1.29 bits per heavy atom. The number of rotatable bonds is 2. The van der Waals surface area contributed by atoms with Gasteiger partial charge in [0.25, 0.3) is 0 Å². The molecule has 0 bridgehead atoms. The van der Waals surface area contributed by atoms with E-state index < -0.39 is 0 Å². The molecule has 0 saturated carbocycles. The van der Waals surface area contributed by atoms with Crippen LogP contribution in [0.15, 0.2) is 18.2 Å². The van der Waals surface area contributed by atoms with Gasteiger partial charge in [-0.1, -0.05) is 12.1 Å². The average Bonchev–Trinajstić information content (AvgIpc) is 2.46. The van der Waals surface area contributed by atoms with Crippen LogP contribution in [0.1, 0.15) is 17.4 Å². The number of thiophene rings is 1. The van der Waals surface area contributed by atoms with E-state index in [0.29, 0.717) is 0 Å². The molecule has 0 N–H and O–H groups in total. The second-order valence-electron chi connectivity index (χ2n) is 3.35. The van der Waals surface area contributed by atoms with E-state index in [1.807, 2.05) is 24.3 Å². The molecular formula is C12H14OS. The third-order valence-electron chi connectivity index (χ3n) is 2.47. The van der Waals surface area contributed by atoms with Crippen LogP contribution in [0.2, 0.25) is 0 Å². The molecule has 0 spiro atoms. The van der Waals surface area contributed by atoms with Gasteiger partial charge < -0.3 is 4.74 Å². The van der Waals surface area contributed by atoms with Crippen LogP contribution in [-0.4, -0.2) is 6.61 Å². The standard InChI is InChI=1S/C12H14OS/c1-4-13-11-7-5-6-10-8(2)9(3)14-12(10)11/h5-7H,4H2,1-3H3. The van der Waals surface area contributed by atoms with Crippen molar-refractivity contribution >= 4 is 21.4 Å². The summed E-state index contributed by atoms with van der Waals surface area (Å²) in [6.45, 7) is 7.08. The summed E-state index contributed by atoms with van der Waals surface area (Å²) >= 11 is 1.82. The lowest BCUT2D eigenvalue weighted by molar-refractivity contribution is 0.345. The lowest BCUT2D eigenvalue weighted by Crippen LogP contribution is -1.90. The minimum atomic E-state index is 0.731. The van der Waals surface area contributed by atoms with Gasteiger partial charge in [0.05, 0.1) is 11.3 Å². The molecule has 1 aromatic heterocycles. The molecule has 14 heavy (non-hydrogen) atoms. The maximum Gasteiger partial charge on any atom is 0.137 e. The van der Waals surface area contributed by atoms with Crippen LogP contribution in [-0.2, 0) is 0 Å². The first-order chi connectivity index (χ1) is 6.74. The third-order valence-corrected chi connectivity index (χ3v) is 3.70. The van der Waals surface area contributed by atoms with Gasteiger partial charge in [0.1, 0.15) is 5.75 Å². The van der Waals surface area contributed by atoms with Crippen molar-refractivity contribution in [3.05, 3.63) is 28.6 Å². The minimum Gasteiger partial charge on any atom is -0.492 e. The minimum absolute atomic E-state index is 0.731. The van der Waals surface area contributed by atoms with Crippen LogP contribution < -0.4 is 4.74 Å². The van der Waals surface area contributed by atoms with Gasteiger partial charge in [0, 0.05) is 4.88 Å². The molecule has 2 aromatic rings. The van der Waals surface area contributed by atoms with Crippen LogP contribution in [0.4, 0.5) is 0 Å². The van der Waals surface area contributed by atoms with Gasteiger partial charge in [0.2, 0.25) is 0 Å². The van der Waals surface area contributed by atoms with Gasteiger partial charge in [-0.25, -0.2) is 0 Å². The highest BCUT2D eigenvalue weighted by atomic mass is 32.1. The van der Waals surface area contributed by atoms with Crippen molar-refractivity contribution in [1.82, 2.24) is 0 Å². The molecule has 0 unspecified atom stereocenters. The largest absolute Gasteiger partial charge is 0.492 e. The highest BCUT2D eigenvalue weighted by Gasteiger charge is 2.08. The molecule has 74 valence electrons. The fourth-order valence-electron chi connectivity index (χ4n) is 1.60. The highest BCUT2D eigenvalue weighted by Crippen LogP contribution is 2.36. The molecular weight excluding hydrogens is 192 g/mol. The van der Waals surface area contributed by atoms with Crippen molar-refractivity contribution in [3.8, 4) is 5.75 Å². The van der Waals surface area contributed by atoms with E-state index in [-0.39, 0.29) is 0 Å². The molecule has 1 heterocycles. The Labute approximate surface area is 88.3 Å². The topological polar surface area (TPSA) is 9.23 Å². The molecule has 2 rings (SSSR count). The Kier molecular flexibility index (Phi) is 2.46. The maximum atomic E-state index is 5.60. The van der Waals surface area contributed by atoms with E-state index in [1.54, 1.807) is 0 Å². The number of hydrogen-bond acceptors (Lipinski definition) is 2. The van der Waals surface area contributed by atoms with Crippen LogP contribution in [0.3, 0.4) is 0 Å². The molecule has 0 amide bonds. The van der Waals surface area contributed by atoms with Crippen molar-refractivity contribution in [2.75, 3.05) is 6.61 Å². The van der Waals surface area contributed by atoms with Gasteiger partial charge in [-0.3, -0.25) is 0 Å². The van der Waals surface area contributed by atoms with Crippen molar-refractivity contribution in [3.63, 3.8) is 0 Å². The first-order valence-electron chi connectivity index (χ1n) is 4.85. The van der Waals surface area contributed by atoms with Crippen LogP contribution in [0, 0.1) is 13.8 Å². The second kappa shape index (κ2) is 3.62. The third kappa shape index (κ3) is 1.40. The fraction of sp³-hybridized carbons (Fsp3) is 0.333. The number of aryl methyl sites for hydroxylation is 2. The van der Waals surface area contributed by atoms with E-state index in [4.69, 9.17) is 4.74 Å². The molecule has 0 aliphatic rings. The highest BCUT2D eigenvalue weighted by molar-refractivity contribution is 7.19. The summed E-state index contributed by atoms with van der Waals surface area (Å²) in [7, 11) is 0. The molecule has 1 nitrogen and oxygen atoms in total. The van der Waals surface area contributed by atoms with Gasteiger partial charge in [-0.2, -0.15) is 0 Å². The normalized spacial score (nSPS) is 10.8.